The van der Waals surface area contributed by atoms with E-state index in [1.807, 2.05) is 18.5 Å². The van der Waals surface area contributed by atoms with Crippen molar-refractivity contribution in [2.45, 2.75) is 44.6 Å². The lowest BCUT2D eigenvalue weighted by atomic mass is 10.1. The molecule has 0 aromatic carbocycles. The van der Waals surface area contributed by atoms with Crippen LogP contribution < -0.4 is 5.32 Å². The van der Waals surface area contributed by atoms with Crippen LogP contribution in [0.1, 0.15) is 38.5 Å². The summed E-state index contributed by atoms with van der Waals surface area (Å²) in [5.74, 6) is 0. The summed E-state index contributed by atoms with van der Waals surface area (Å²) < 4.78 is 0. The predicted molar refractivity (Wildman–Crippen MR) is 59.3 cm³/mol. The smallest absolute Gasteiger partial charge is 0.0528 e. The number of nitrogens with one attached hydrogen (secondary N) is 1. The van der Waals surface area contributed by atoms with E-state index in [1.54, 1.807) is 0 Å². The Balaban J connectivity index is 1.90. The molecule has 0 unspecified atom stereocenters. The van der Waals surface area contributed by atoms with Gasteiger partial charge in [-0.3, -0.25) is 4.98 Å². The van der Waals surface area contributed by atoms with Gasteiger partial charge in [0.1, 0.15) is 0 Å². The van der Waals surface area contributed by atoms with Crippen LogP contribution in [0.5, 0.6) is 0 Å². The van der Waals surface area contributed by atoms with Gasteiger partial charge < -0.3 is 5.32 Å². The molecule has 0 aliphatic heterocycles. The van der Waals surface area contributed by atoms with Crippen molar-refractivity contribution in [3.63, 3.8) is 0 Å². The van der Waals surface area contributed by atoms with Crippen LogP contribution in [0.3, 0.4) is 0 Å². The molecular formula is C12H18N2. The molecule has 76 valence electrons. The Morgan fingerprint density at radius 2 is 1.93 bits per heavy atom. The van der Waals surface area contributed by atoms with Crippen LogP contribution in [0.2, 0.25) is 0 Å². The van der Waals surface area contributed by atoms with Crippen LogP contribution >= 0.6 is 0 Å². The monoisotopic (exact) mass is 190 g/mol. The molecule has 1 aromatic rings. The molecule has 2 nitrogen and oxygen atoms in total. The summed E-state index contributed by atoms with van der Waals surface area (Å²) in [6.07, 6.45) is 11.9. The van der Waals surface area contributed by atoms with Crippen LogP contribution in [0, 0.1) is 0 Å². The molecular weight excluding hydrogens is 172 g/mol. The number of nitrogens with zero attached hydrogens (tertiary/aromatic N) is 1. The molecule has 14 heavy (non-hydrogen) atoms. The molecule has 2 heteroatoms. The Bertz CT molecular complexity index is 250. The van der Waals surface area contributed by atoms with Crippen molar-refractivity contribution >= 4 is 5.69 Å². The average Bonchev–Trinajstić information content (AvgIpc) is 2.48. The SMILES string of the molecule is c1cncc(NC2CCCCCC2)c1. The molecule has 1 N–H and O–H groups in total. The van der Waals surface area contributed by atoms with Crippen molar-refractivity contribution in [1.29, 1.82) is 0 Å². The van der Waals surface area contributed by atoms with E-state index < -0.39 is 0 Å². The number of anilines is 1. The fourth-order valence-corrected chi connectivity index (χ4v) is 2.11. The lowest BCUT2D eigenvalue weighted by Gasteiger charge is -2.16. The third-order valence-electron chi connectivity index (χ3n) is 2.89. The van der Waals surface area contributed by atoms with Crippen LogP contribution in [0.25, 0.3) is 0 Å². The highest BCUT2D eigenvalue weighted by Crippen LogP contribution is 2.20. The molecule has 1 aliphatic rings. The molecule has 1 fully saturated rings. The minimum Gasteiger partial charge on any atom is -0.381 e. The van der Waals surface area contributed by atoms with Crippen molar-refractivity contribution < 1.29 is 0 Å². The molecule has 0 radical (unpaired) electrons. The Hall–Kier alpha value is -1.05. The average molecular weight is 190 g/mol. The minimum absolute atomic E-state index is 0.668. The molecule has 0 amide bonds. The first kappa shape index (κ1) is 9.50. The van der Waals surface area contributed by atoms with E-state index in [-0.39, 0.29) is 0 Å². The molecule has 0 spiro atoms. The van der Waals surface area contributed by atoms with Gasteiger partial charge in [-0.25, -0.2) is 0 Å². The van der Waals surface area contributed by atoms with Gasteiger partial charge in [-0.2, -0.15) is 0 Å². The second-order valence-corrected chi connectivity index (χ2v) is 4.07. The molecule has 0 saturated heterocycles. The van der Waals surface area contributed by atoms with Crippen LogP contribution in [-0.4, -0.2) is 11.0 Å². The second kappa shape index (κ2) is 4.99. The lowest BCUT2D eigenvalue weighted by Crippen LogP contribution is -2.18. The molecule has 0 atom stereocenters. The quantitative estimate of drug-likeness (QED) is 0.724. The van der Waals surface area contributed by atoms with Gasteiger partial charge in [-0.05, 0) is 25.0 Å². The standard InChI is InChI=1S/C12H18N2/c1-2-4-7-11(6-3-1)14-12-8-5-9-13-10-12/h5,8-11,14H,1-4,6-7H2. The topological polar surface area (TPSA) is 24.9 Å². The van der Waals surface area contributed by atoms with Crippen molar-refractivity contribution in [2.24, 2.45) is 0 Å². The van der Waals surface area contributed by atoms with Gasteiger partial charge in [0.05, 0.1) is 5.69 Å². The fraction of sp³-hybridized carbons (Fsp3) is 0.583. The van der Waals surface area contributed by atoms with Crippen molar-refractivity contribution in [2.75, 3.05) is 5.32 Å². The first-order valence-electron chi connectivity index (χ1n) is 5.62. The Kier molecular flexibility index (Phi) is 3.39. The third kappa shape index (κ3) is 2.72. The summed E-state index contributed by atoms with van der Waals surface area (Å²) in [7, 11) is 0. The zero-order chi connectivity index (χ0) is 9.64. The molecule has 0 bridgehead atoms. The van der Waals surface area contributed by atoms with E-state index in [0.29, 0.717) is 6.04 Å². The number of rotatable bonds is 2. The summed E-state index contributed by atoms with van der Waals surface area (Å²) in [6.45, 7) is 0. The zero-order valence-corrected chi connectivity index (χ0v) is 8.58. The largest absolute Gasteiger partial charge is 0.381 e. The molecule has 2 rings (SSSR count). The van der Waals surface area contributed by atoms with E-state index >= 15 is 0 Å². The Labute approximate surface area is 85.7 Å². The van der Waals surface area contributed by atoms with Gasteiger partial charge in [0.2, 0.25) is 0 Å². The maximum absolute atomic E-state index is 4.11. The number of hydrogen-bond donors (Lipinski definition) is 1. The highest BCUT2D eigenvalue weighted by molar-refractivity contribution is 5.40. The third-order valence-corrected chi connectivity index (χ3v) is 2.89. The van der Waals surface area contributed by atoms with Crippen molar-refractivity contribution in [3.05, 3.63) is 24.5 Å². The summed E-state index contributed by atoms with van der Waals surface area (Å²) in [4.78, 5) is 4.11. The predicted octanol–water partition coefficient (Wildman–Crippen LogP) is 3.22. The summed E-state index contributed by atoms with van der Waals surface area (Å²) in [5, 5.41) is 3.56. The second-order valence-electron chi connectivity index (χ2n) is 4.07. The minimum atomic E-state index is 0.668. The maximum Gasteiger partial charge on any atom is 0.0528 e. The van der Waals surface area contributed by atoms with Gasteiger partial charge in [-0.1, -0.05) is 25.7 Å². The summed E-state index contributed by atoms with van der Waals surface area (Å²) in [6, 6.07) is 4.75. The molecule has 1 aliphatic carbocycles. The van der Waals surface area contributed by atoms with Gasteiger partial charge in [0.15, 0.2) is 0 Å². The van der Waals surface area contributed by atoms with E-state index in [1.165, 1.54) is 44.2 Å². The fourth-order valence-electron chi connectivity index (χ4n) is 2.11. The number of pyridine rings is 1. The van der Waals surface area contributed by atoms with Crippen molar-refractivity contribution in [3.8, 4) is 0 Å². The van der Waals surface area contributed by atoms with E-state index in [9.17, 15) is 0 Å². The van der Waals surface area contributed by atoms with Gasteiger partial charge in [-0.15, -0.1) is 0 Å². The zero-order valence-electron chi connectivity index (χ0n) is 8.58. The van der Waals surface area contributed by atoms with Gasteiger partial charge in [0.25, 0.3) is 0 Å². The first-order chi connectivity index (χ1) is 6.95. The number of aromatic nitrogens is 1. The summed E-state index contributed by atoms with van der Waals surface area (Å²) in [5.41, 5.74) is 1.17. The number of hydrogen-bond acceptors (Lipinski definition) is 2. The van der Waals surface area contributed by atoms with Gasteiger partial charge >= 0.3 is 0 Å². The normalized spacial score (nSPS) is 18.9. The first-order valence-corrected chi connectivity index (χ1v) is 5.62. The Morgan fingerprint density at radius 1 is 1.14 bits per heavy atom. The van der Waals surface area contributed by atoms with E-state index in [0.717, 1.165) is 0 Å². The van der Waals surface area contributed by atoms with E-state index in [4.69, 9.17) is 0 Å². The lowest BCUT2D eigenvalue weighted by molar-refractivity contribution is 0.620. The van der Waals surface area contributed by atoms with Crippen LogP contribution in [0.4, 0.5) is 5.69 Å². The highest BCUT2D eigenvalue weighted by Gasteiger charge is 2.11. The maximum atomic E-state index is 4.11. The molecule has 1 heterocycles. The van der Waals surface area contributed by atoms with Crippen molar-refractivity contribution in [1.82, 2.24) is 4.98 Å². The van der Waals surface area contributed by atoms with Gasteiger partial charge in [0, 0.05) is 18.4 Å². The summed E-state index contributed by atoms with van der Waals surface area (Å²) >= 11 is 0. The van der Waals surface area contributed by atoms with Crippen LogP contribution in [0.15, 0.2) is 24.5 Å². The van der Waals surface area contributed by atoms with E-state index in [2.05, 4.69) is 16.4 Å². The van der Waals surface area contributed by atoms with Crippen LogP contribution in [-0.2, 0) is 0 Å². The molecule has 1 saturated carbocycles. The highest BCUT2D eigenvalue weighted by atomic mass is 14.9. The molecule has 1 aromatic heterocycles. The Morgan fingerprint density at radius 3 is 2.57 bits per heavy atom.